The van der Waals surface area contributed by atoms with Crippen molar-refractivity contribution >= 4 is 11.7 Å². The Hall–Kier alpha value is -2.15. The second kappa shape index (κ2) is 6.54. The molecule has 2 aliphatic heterocycles. The van der Waals surface area contributed by atoms with Gasteiger partial charge in [0.05, 0.1) is 17.4 Å². The maximum absolute atomic E-state index is 11.6. The summed E-state index contributed by atoms with van der Waals surface area (Å²) in [5.41, 5.74) is 2.70. The van der Waals surface area contributed by atoms with Crippen LogP contribution in [0.25, 0.3) is 0 Å². The lowest BCUT2D eigenvalue weighted by Crippen LogP contribution is -2.32. The number of esters is 1. The van der Waals surface area contributed by atoms with E-state index in [1.807, 2.05) is 13.8 Å². The number of hydrogen-bond donors (Lipinski definition) is 1. The van der Waals surface area contributed by atoms with Gasteiger partial charge in [0, 0.05) is 35.1 Å². The van der Waals surface area contributed by atoms with Crippen molar-refractivity contribution in [1.82, 2.24) is 0 Å². The minimum atomic E-state index is -0.685. The third-order valence-corrected chi connectivity index (χ3v) is 5.28. The number of nitro groups is 1. The molecule has 0 unspecified atom stereocenters. The summed E-state index contributed by atoms with van der Waals surface area (Å²) in [5, 5.41) is 21.4. The highest BCUT2D eigenvalue weighted by atomic mass is 16.6. The third kappa shape index (κ3) is 3.40. The summed E-state index contributed by atoms with van der Waals surface area (Å²) >= 11 is 0. The molecule has 3 rings (SSSR count). The van der Waals surface area contributed by atoms with Crippen molar-refractivity contribution in [3.63, 3.8) is 0 Å². The Morgan fingerprint density at radius 1 is 1.31 bits per heavy atom. The molecule has 2 heterocycles. The van der Waals surface area contributed by atoms with E-state index in [0.29, 0.717) is 36.8 Å². The van der Waals surface area contributed by atoms with E-state index in [9.17, 15) is 20.0 Å². The number of aliphatic hydroxyl groups excluding tert-OH is 1. The lowest BCUT2D eigenvalue weighted by atomic mass is 9.89. The molecule has 0 saturated carbocycles. The number of hydrogen-bond acceptors (Lipinski definition) is 6. The number of fused-ring (bicyclic) bond motifs is 1. The molecule has 2 aliphatic rings. The van der Waals surface area contributed by atoms with Crippen LogP contribution in [0.1, 0.15) is 55.4 Å². The number of carbonyl (C=O) groups is 1. The lowest BCUT2D eigenvalue weighted by molar-refractivity contribution is -0.386. The molecule has 1 aromatic rings. The zero-order valence-corrected chi connectivity index (χ0v) is 15.6. The van der Waals surface area contributed by atoms with Crippen LogP contribution in [0, 0.1) is 24.0 Å². The summed E-state index contributed by atoms with van der Waals surface area (Å²) in [6, 6.07) is 0. The van der Waals surface area contributed by atoms with Crippen LogP contribution < -0.4 is 4.74 Å². The van der Waals surface area contributed by atoms with Gasteiger partial charge in [0.1, 0.15) is 17.5 Å². The van der Waals surface area contributed by atoms with Crippen molar-refractivity contribution in [2.45, 2.75) is 77.6 Å². The molecule has 0 aromatic heterocycles. The van der Waals surface area contributed by atoms with Gasteiger partial charge < -0.3 is 14.6 Å². The SMILES string of the molecule is Cc1c(CC[C@H]2C[C@H](O)CC(=O)O2)c2c(c(C)c1[N+](=O)[O-])CC(C)(C)O2. The van der Waals surface area contributed by atoms with E-state index in [0.717, 1.165) is 16.9 Å². The normalized spacial score (nSPS) is 24.0. The van der Waals surface area contributed by atoms with Crippen molar-refractivity contribution in [2.24, 2.45) is 0 Å². The number of ether oxygens (including phenoxy) is 2. The third-order valence-electron chi connectivity index (χ3n) is 5.28. The van der Waals surface area contributed by atoms with Crippen molar-refractivity contribution in [1.29, 1.82) is 0 Å². The van der Waals surface area contributed by atoms with Crippen molar-refractivity contribution in [3.05, 3.63) is 32.4 Å². The van der Waals surface area contributed by atoms with Gasteiger partial charge in [0.2, 0.25) is 0 Å². The van der Waals surface area contributed by atoms with Crippen LogP contribution in [-0.2, 0) is 22.4 Å². The molecule has 0 amide bonds. The lowest BCUT2D eigenvalue weighted by Gasteiger charge is -2.26. The van der Waals surface area contributed by atoms with Crippen LogP contribution in [0.4, 0.5) is 5.69 Å². The molecular formula is C19H25NO6. The van der Waals surface area contributed by atoms with Crippen LogP contribution in [0.3, 0.4) is 0 Å². The van der Waals surface area contributed by atoms with E-state index in [2.05, 4.69) is 0 Å². The summed E-state index contributed by atoms with van der Waals surface area (Å²) in [6.07, 6.45) is 0.979. The summed E-state index contributed by atoms with van der Waals surface area (Å²) < 4.78 is 11.4. The zero-order valence-electron chi connectivity index (χ0n) is 15.6. The highest BCUT2D eigenvalue weighted by Gasteiger charge is 2.38. The molecule has 0 spiro atoms. The molecule has 0 bridgehead atoms. The van der Waals surface area contributed by atoms with Crippen LogP contribution in [0.15, 0.2) is 0 Å². The number of nitro benzene ring substituents is 1. The first kappa shape index (κ1) is 18.6. The van der Waals surface area contributed by atoms with Crippen LogP contribution >= 0.6 is 0 Å². The Labute approximate surface area is 152 Å². The fourth-order valence-corrected chi connectivity index (χ4v) is 4.08. The van der Waals surface area contributed by atoms with Gasteiger partial charge in [-0.25, -0.2) is 0 Å². The minimum absolute atomic E-state index is 0.0260. The molecular weight excluding hydrogens is 338 g/mol. The van der Waals surface area contributed by atoms with Gasteiger partial charge in [0.25, 0.3) is 5.69 Å². The summed E-state index contributed by atoms with van der Waals surface area (Å²) in [6.45, 7) is 7.46. The first-order valence-corrected chi connectivity index (χ1v) is 8.95. The smallest absolute Gasteiger partial charge is 0.308 e. The van der Waals surface area contributed by atoms with E-state index < -0.39 is 17.7 Å². The molecule has 1 N–H and O–H groups in total. The van der Waals surface area contributed by atoms with Crippen molar-refractivity contribution in [2.75, 3.05) is 0 Å². The van der Waals surface area contributed by atoms with E-state index >= 15 is 0 Å². The van der Waals surface area contributed by atoms with E-state index in [1.54, 1.807) is 13.8 Å². The maximum Gasteiger partial charge on any atom is 0.308 e. The van der Waals surface area contributed by atoms with Crippen LogP contribution in [-0.4, -0.2) is 33.8 Å². The standard InChI is InChI=1S/C19H25NO6/c1-10-14(6-5-13-7-12(21)8-16(22)25-13)18-15(9-19(3,4)26-18)11(2)17(10)20(23)24/h12-13,21H,5-9H2,1-4H3/t12-,13-/m0/s1. The largest absolute Gasteiger partial charge is 0.487 e. The Morgan fingerprint density at radius 2 is 2.00 bits per heavy atom. The maximum atomic E-state index is 11.6. The molecule has 26 heavy (non-hydrogen) atoms. The molecule has 1 saturated heterocycles. The number of carbonyl (C=O) groups excluding carboxylic acids is 1. The van der Waals surface area contributed by atoms with Crippen LogP contribution in [0.2, 0.25) is 0 Å². The second-order valence-corrected chi connectivity index (χ2v) is 7.92. The van der Waals surface area contributed by atoms with E-state index in [-0.39, 0.29) is 23.1 Å². The van der Waals surface area contributed by atoms with Gasteiger partial charge in [0.15, 0.2) is 0 Å². The molecule has 1 aromatic carbocycles. The minimum Gasteiger partial charge on any atom is -0.487 e. The average molecular weight is 363 g/mol. The average Bonchev–Trinajstić information content (AvgIpc) is 2.81. The monoisotopic (exact) mass is 363 g/mol. The molecule has 1 fully saturated rings. The second-order valence-electron chi connectivity index (χ2n) is 7.92. The summed E-state index contributed by atoms with van der Waals surface area (Å²) in [4.78, 5) is 22.8. The molecule has 0 aliphatic carbocycles. The van der Waals surface area contributed by atoms with Crippen molar-refractivity contribution < 1.29 is 24.3 Å². The van der Waals surface area contributed by atoms with E-state index in [1.165, 1.54) is 0 Å². The number of aliphatic hydroxyl groups is 1. The van der Waals surface area contributed by atoms with Crippen molar-refractivity contribution in [3.8, 4) is 5.75 Å². The summed E-state index contributed by atoms with van der Waals surface area (Å²) in [7, 11) is 0. The highest BCUT2D eigenvalue weighted by molar-refractivity contribution is 5.71. The van der Waals surface area contributed by atoms with Gasteiger partial charge >= 0.3 is 5.97 Å². The first-order chi connectivity index (χ1) is 12.1. The van der Waals surface area contributed by atoms with E-state index in [4.69, 9.17) is 9.47 Å². The number of benzene rings is 1. The molecule has 142 valence electrons. The Balaban J connectivity index is 1.94. The Kier molecular flexibility index (Phi) is 4.69. The number of rotatable bonds is 4. The van der Waals surface area contributed by atoms with Gasteiger partial charge in [-0.05, 0) is 40.5 Å². The topological polar surface area (TPSA) is 98.9 Å². The Bertz CT molecular complexity index is 770. The fraction of sp³-hybridized carbons (Fsp3) is 0.632. The van der Waals surface area contributed by atoms with Crippen LogP contribution in [0.5, 0.6) is 5.75 Å². The van der Waals surface area contributed by atoms with Gasteiger partial charge in [-0.2, -0.15) is 0 Å². The quantitative estimate of drug-likeness (QED) is 0.502. The first-order valence-electron chi connectivity index (χ1n) is 8.95. The van der Waals surface area contributed by atoms with Gasteiger partial charge in [-0.3, -0.25) is 14.9 Å². The zero-order chi connectivity index (χ0) is 19.2. The highest BCUT2D eigenvalue weighted by Crippen LogP contribution is 2.46. The van der Waals surface area contributed by atoms with Gasteiger partial charge in [-0.15, -0.1) is 0 Å². The fourth-order valence-electron chi connectivity index (χ4n) is 4.08. The summed E-state index contributed by atoms with van der Waals surface area (Å²) in [5.74, 6) is 0.334. The Morgan fingerprint density at radius 3 is 2.62 bits per heavy atom. The predicted molar refractivity (Wildman–Crippen MR) is 94.4 cm³/mol. The predicted octanol–water partition coefficient (Wildman–Crippen LogP) is 2.92. The number of nitrogens with zero attached hydrogens (tertiary/aromatic N) is 1. The molecule has 7 nitrogen and oxygen atoms in total. The molecule has 0 radical (unpaired) electrons. The molecule has 2 atom stereocenters. The number of cyclic esters (lactones) is 1. The van der Waals surface area contributed by atoms with Gasteiger partial charge in [-0.1, -0.05) is 0 Å². The molecule has 7 heteroatoms.